The van der Waals surface area contributed by atoms with E-state index in [0.29, 0.717) is 35.8 Å². The molecule has 3 N–H and O–H groups in total. The van der Waals surface area contributed by atoms with Gasteiger partial charge in [-0.15, -0.1) is 0 Å². The summed E-state index contributed by atoms with van der Waals surface area (Å²) >= 11 is 0. The van der Waals surface area contributed by atoms with Gasteiger partial charge in [0, 0.05) is 25.3 Å². The average molecular weight is 862 g/mol. The van der Waals surface area contributed by atoms with Gasteiger partial charge in [0.05, 0.1) is 56.1 Å². The number of hydrogen-bond acceptors (Lipinski definition) is 14. The molecule has 0 aliphatic carbocycles. The standard InChI is InChI=1S/C41H56N3O13PS/c1-6-52-39(46)29(4)56-58(48,57-33-10-8-7-9-11-33)23-21-42-31-14-12-30(13-15-31)24-36(43-41(47)55-38-27-54-40-35(38)20-22-53-40)37(45)26-44(25-28(2)3)59(49,50)34-18-16-32(51-5)17-19-34/h7-19,28-29,35-38,40,42,45H,6,20-27H2,1-5H3,(H,43,47)/t29-,35-,36-,37+,38-,40+,58?/m0/s1. The largest absolute Gasteiger partial charge is 0.497 e. The Morgan fingerprint density at radius 1 is 0.966 bits per heavy atom. The fourth-order valence-corrected chi connectivity index (χ4v) is 9.98. The number of benzene rings is 3. The molecule has 0 aromatic heterocycles. The van der Waals surface area contributed by atoms with E-state index in [1.807, 2.05) is 13.8 Å². The molecular weight excluding hydrogens is 805 g/mol. The Kier molecular flexibility index (Phi) is 16.6. The second kappa shape index (κ2) is 21.3. The molecule has 3 aromatic carbocycles. The smallest absolute Gasteiger partial charge is 0.407 e. The molecule has 2 aliphatic rings. The predicted octanol–water partition coefficient (Wildman–Crippen LogP) is 5.45. The van der Waals surface area contributed by atoms with Gasteiger partial charge in [0.15, 0.2) is 12.4 Å². The molecule has 0 saturated carbocycles. The number of para-hydroxylation sites is 1. The van der Waals surface area contributed by atoms with Crippen LogP contribution in [0.25, 0.3) is 0 Å². The maximum atomic E-state index is 13.9. The highest BCUT2D eigenvalue weighted by molar-refractivity contribution is 7.89. The van der Waals surface area contributed by atoms with E-state index in [9.17, 15) is 27.7 Å². The molecule has 3 aromatic rings. The third-order valence-electron chi connectivity index (χ3n) is 9.72. The van der Waals surface area contributed by atoms with E-state index in [4.69, 9.17) is 32.7 Å². The van der Waals surface area contributed by atoms with E-state index in [0.717, 1.165) is 0 Å². The van der Waals surface area contributed by atoms with Crippen LogP contribution in [0.2, 0.25) is 0 Å². The number of anilines is 1. The number of esters is 1. The van der Waals surface area contributed by atoms with Crippen LogP contribution in [0.4, 0.5) is 10.5 Å². The molecule has 0 spiro atoms. The average Bonchev–Trinajstić information content (AvgIpc) is 3.83. The molecule has 16 nitrogen and oxygen atoms in total. The molecule has 0 radical (unpaired) electrons. The van der Waals surface area contributed by atoms with Gasteiger partial charge in [-0.05, 0) is 86.7 Å². The van der Waals surface area contributed by atoms with Gasteiger partial charge in [0.25, 0.3) is 0 Å². The van der Waals surface area contributed by atoms with E-state index < -0.39 is 60.3 Å². The van der Waals surface area contributed by atoms with Crippen molar-refractivity contribution < 1.29 is 60.4 Å². The monoisotopic (exact) mass is 861 g/mol. The van der Waals surface area contributed by atoms with E-state index >= 15 is 0 Å². The summed E-state index contributed by atoms with van der Waals surface area (Å²) in [5, 5.41) is 17.8. The first-order chi connectivity index (χ1) is 28.2. The molecular formula is C41H56N3O13PS. The number of carbonyl (C=O) groups is 2. The number of carbonyl (C=O) groups excluding carboxylic acids is 2. The van der Waals surface area contributed by atoms with E-state index in [2.05, 4.69) is 10.6 Å². The molecule has 7 atom stereocenters. The Balaban J connectivity index is 1.29. The van der Waals surface area contributed by atoms with Crippen molar-refractivity contribution in [3.63, 3.8) is 0 Å². The predicted molar refractivity (Wildman–Crippen MR) is 219 cm³/mol. The fourth-order valence-electron chi connectivity index (χ4n) is 6.72. The zero-order chi connectivity index (χ0) is 42.6. The summed E-state index contributed by atoms with van der Waals surface area (Å²) in [5.74, 6) is -0.0217. The van der Waals surface area contributed by atoms with Crippen molar-refractivity contribution in [1.82, 2.24) is 9.62 Å². The van der Waals surface area contributed by atoms with Gasteiger partial charge in [0.1, 0.15) is 17.6 Å². The van der Waals surface area contributed by atoms with Crippen LogP contribution in [0.1, 0.15) is 39.7 Å². The maximum absolute atomic E-state index is 13.9. The highest BCUT2D eigenvalue weighted by atomic mass is 32.2. The van der Waals surface area contributed by atoms with Gasteiger partial charge in [-0.3, -0.25) is 4.52 Å². The van der Waals surface area contributed by atoms with Crippen LogP contribution in [-0.2, 0) is 49.3 Å². The second-order valence-corrected chi connectivity index (χ2v) is 18.7. The van der Waals surface area contributed by atoms with Crippen LogP contribution in [0, 0.1) is 11.8 Å². The minimum absolute atomic E-state index is 0.0378. The number of nitrogens with zero attached hydrogens (tertiary/aromatic N) is 1. The highest BCUT2D eigenvalue weighted by Crippen LogP contribution is 2.49. The molecule has 324 valence electrons. The Morgan fingerprint density at radius 2 is 1.68 bits per heavy atom. The van der Waals surface area contributed by atoms with Crippen molar-refractivity contribution in [2.75, 3.05) is 58.0 Å². The zero-order valence-electron chi connectivity index (χ0n) is 34.1. The van der Waals surface area contributed by atoms with E-state index in [-0.39, 0.29) is 62.2 Å². The summed E-state index contributed by atoms with van der Waals surface area (Å²) < 4.78 is 81.5. The summed E-state index contributed by atoms with van der Waals surface area (Å²) in [6.07, 6.45) is -3.51. The first kappa shape index (κ1) is 45.9. The Morgan fingerprint density at radius 3 is 2.34 bits per heavy atom. The number of amides is 1. The van der Waals surface area contributed by atoms with Crippen LogP contribution in [0.3, 0.4) is 0 Å². The first-order valence-corrected chi connectivity index (χ1v) is 22.9. The third-order valence-corrected chi connectivity index (χ3v) is 13.5. The number of ether oxygens (including phenoxy) is 5. The van der Waals surface area contributed by atoms with Gasteiger partial charge in [-0.1, -0.05) is 44.2 Å². The van der Waals surface area contributed by atoms with Crippen LogP contribution in [0.15, 0.2) is 83.8 Å². The van der Waals surface area contributed by atoms with Gasteiger partial charge in [0.2, 0.25) is 10.0 Å². The van der Waals surface area contributed by atoms with Crippen molar-refractivity contribution in [3.05, 3.63) is 84.4 Å². The van der Waals surface area contributed by atoms with Crippen molar-refractivity contribution in [3.8, 4) is 11.5 Å². The molecule has 1 unspecified atom stereocenters. The molecule has 18 heteroatoms. The molecule has 2 saturated heterocycles. The number of sulfonamides is 1. The summed E-state index contributed by atoms with van der Waals surface area (Å²) in [4.78, 5) is 25.7. The number of fused-ring (bicyclic) bond motifs is 1. The number of hydrogen-bond donors (Lipinski definition) is 3. The lowest BCUT2D eigenvalue weighted by molar-refractivity contribution is -0.150. The van der Waals surface area contributed by atoms with Crippen LogP contribution >= 0.6 is 7.60 Å². The molecule has 2 heterocycles. The lowest BCUT2D eigenvalue weighted by atomic mass is 10.0. The lowest BCUT2D eigenvalue weighted by Gasteiger charge is -2.31. The Bertz CT molecular complexity index is 1950. The van der Waals surface area contributed by atoms with Gasteiger partial charge >= 0.3 is 19.7 Å². The Hall–Kier alpha value is -4.22. The summed E-state index contributed by atoms with van der Waals surface area (Å²) in [7, 11) is -6.42. The topological polar surface area (TPSA) is 197 Å². The SMILES string of the molecule is CCOC(=O)[C@H](C)OP(=O)(CCNc1ccc(C[C@H](NC(=O)O[C@H]2CO[C@H]3OCC[C@H]32)[C@H](O)CN(CC(C)C)S(=O)(=O)c2ccc(OC)cc2)cc1)Oc1ccccc1. The second-order valence-electron chi connectivity index (χ2n) is 14.7. The molecule has 5 rings (SSSR count). The summed E-state index contributed by atoms with van der Waals surface area (Å²) in [5.41, 5.74) is 1.37. The number of methoxy groups -OCH3 is 1. The van der Waals surface area contributed by atoms with Gasteiger partial charge in [-0.25, -0.2) is 22.6 Å². The number of nitrogens with one attached hydrogen (secondary N) is 2. The van der Waals surface area contributed by atoms with E-state index in [1.165, 1.54) is 30.5 Å². The summed E-state index contributed by atoms with van der Waals surface area (Å²) in [6, 6.07) is 20.7. The molecule has 0 bridgehead atoms. The van der Waals surface area contributed by atoms with Crippen LogP contribution in [-0.4, -0.2) is 113 Å². The number of alkyl carbamates (subject to hydrolysis) is 1. The number of aliphatic hydroxyl groups excluding tert-OH is 1. The minimum atomic E-state index is -4.06. The van der Waals surface area contributed by atoms with Crippen molar-refractivity contribution in [1.29, 1.82) is 0 Å². The number of rotatable bonds is 22. The Labute approximate surface area is 346 Å². The lowest BCUT2D eigenvalue weighted by Crippen LogP contribution is -2.51. The fraction of sp³-hybridized carbons (Fsp3) is 0.512. The maximum Gasteiger partial charge on any atom is 0.407 e. The summed E-state index contributed by atoms with van der Waals surface area (Å²) in [6.45, 7) is 7.64. The van der Waals surface area contributed by atoms with Gasteiger partial charge in [-0.2, -0.15) is 4.31 Å². The minimum Gasteiger partial charge on any atom is -0.497 e. The van der Waals surface area contributed by atoms with Crippen LogP contribution < -0.4 is 19.9 Å². The normalized spacial score (nSPS) is 20.2. The first-order valence-electron chi connectivity index (χ1n) is 19.7. The van der Waals surface area contributed by atoms with Crippen molar-refractivity contribution >= 4 is 35.4 Å². The van der Waals surface area contributed by atoms with Crippen molar-refractivity contribution in [2.45, 2.75) is 76.1 Å². The van der Waals surface area contributed by atoms with Gasteiger partial charge < -0.3 is 43.9 Å². The number of aliphatic hydroxyl groups is 1. The van der Waals surface area contributed by atoms with Crippen molar-refractivity contribution in [2.24, 2.45) is 11.8 Å². The zero-order valence-corrected chi connectivity index (χ0v) is 35.8. The van der Waals surface area contributed by atoms with Crippen LogP contribution in [0.5, 0.6) is 11.5 Å². The molecule has 59 heavy (non-hydrogen) atoms. The third kappa shape index (κ3) is 13.1. The molecule has 2 fully saturated rings. The van der Waals surface area contributed by atoms with E-state index in [1.54, 1.807) is 73.7 Å². The highest BCUT2D eigenvalue weighted by Gasteiger charge is 2.44. The molecule has 2 aliphatic heterocycles. The molecule has 1 amide bonds. The quantitative estimate of drug-likeness (QED) is 0.0851.